The molecule has 3 aromatic rings. The molecule has 4 nitrogen and oxygen atoms in total. The molecule has 0 aromatic heterocycles. The first-order chi connectivity index (χ1) is 13.1. The summed E-state index contributed by atoms with van der Waals surface area (Å²) < 4.78 is 0. The maximum Gasteiger partial charge on any atom is 0.271 e. The highest BCUT2D eigenvalue weighted by Crippen LogP contribution is 2.23. The van der Waals surface area contributed by atoms with E-state index in [9.17, 15) is 4.79 Å². The molecule has 1 amide bonds. The summed E-state index contributed by atoms with van der Waals surface area (Å²) >= 11 is 11.9. The number of nitrogens with one attached hydrogen (secondary N) is 1. The summed E-state index contributed by atoms with van der Waals surface area (Å²) in [6.07, 6.45) is 3.31. The number of hydrogen-bond donors (Lipinski definition) is 1. The molecule has 27 heavy (non-hydrogen) atoms. The zero-order valence-electron chi connectivity index (χ0n) is 14.1. The SMILES string of the molecule is O=C(NN=Cc1ccc(C=Nc2ccccc2Cl)cc1)c1ccc(Cl)cc1. The third kappa shape index (κ3) is 5.51. The Morgan fingerprint density at radius 1 is 0.815 bits per heavy atom. The number of halogens is 2. The topological polar surface area (TPSA) is 53.8 Å². The second-order valence-corrected chi connectivity index (χ2v) is 6.43. The number of rotatable bonds is 5. The molecule has 0 aliphatic heterocycles. The lowest BCUT2D eigenvalue weighted by Crippen LogP contribution is -2.17. The second kappa shape index (κ2) is 9.12. The van der Waals surface area contributed by atoms with Gasteiger partial charge in [0, 0.05) is 16.8 Å². The van der Waals surface area contributed by atoms with E-state index in [0.717, 1.165) is 16.8 Å². The molecule has 3 rings (SSSR count). The molecule has 3 aromatic carbocycles. The highest BCUT2D eigenvalue weighted by molar-refractivity contribution is 6.33. The minimum atomic E-state index is -0.300. The quantitative estimate of drug-likeness (QED) is 0.449. The van der Waals surface area contributed by atoms with E-state index in [0.29, 0.717) is 15.6 Å². The number of carbonyl (C=O) groups is 1. The Hall–Kier alpha value is -2.95. The molecule has 0 fully saturated rings. The number of hydrazone groups is 1. The van der Waals surface area contributed by atoms with Gasteiger partial charge in [0.25, 0.3) is 5.91 Å². The van der Waals surface area contributed by atoms with Crippen LogP contribution in [0, 0.1) is 0 Å². The van der Waals surface area contributed by atoms with Gasteiger partial charge in [0.2, 0.25) is 0 Å². The van der Waals surface area contributed by atoms with E-state index in [1.165, 1.54) is 0 Å². The molecular weight excluding hydrogens is 381 g/mol. The standard InChI is InChI=1S/C21H15Cl2N3O/c22-18-11-9-17(10-12-18)21(27)26-25-14-16-7-5-15(6-8-16)13-24-20-4-2-1-3-19(20)23/h1-14H,(H,26,27). The van der Waals surface area contributed by atoms with Crippen LogP contribution in [0.1, 0.15) is 21.5 Å². The molecule has 1 N–H and O–H groups in total. The van der Waals surface area contributed by atoms with E-state index < -0.39 is 0 Å². The van der Waals surface area contributed by atoms with Gasteiger partial charge in [-0.3, -0.25) is 9.79 Å². The molecule has 6 heteroatoms. The lowest BCUT2D eigenvalue weighted by Gasteiger charge is -2.00. The smallest absolute Gasteiger partial charge is 0.267 e. The van der Waals surface area contributed by atoms with E-state index in [4.69, 9.17) is 23.2 Å². The first kappa shape index (κ1) is 18.8. The lowest BCUT2D eigenvalue weighted by molar-refractivity contribution is 0.0955. The molecule has 0 saturated carbocycles. The van der Waals surface area contributed by atoms with E-state index in [1.54, 1.807) is 42.8 Å². The van der Waals surface area contributed by atoms with Crippen LogP contribution in [0.4, 0.5) is 5.69 Å². The fraction of sp³-hybridized carbons (Fsp3) is 0. The fourth-order valence-electron chi connectivity index (χ4n) is 2.20. The van der Waals surface area contributed by atoms with Gasteiger partial charge in [-0.1, -0.05) is 59.6 Å². The summed E-state index contributed by atoms with van der Waals surface area (Å²) in [5.74, 6) is -0.300. The predicted octanol–water partition coefficient (Wildman–Crippen LogP) is 5.51. The summed E-state index contributed by atoms with van der Waals surface area (Å²) in [6, 6.07) is 21.6. The highest BCUT2D eigenvalue weighted by Gasteiger charge is 2.03. The molecule has 0 bridgehead atoms. The Morgan fingerprint density at radius 2 is 1.44 bits per heavy atom. The van der Waals surface area contributed by atoms with Gasteiger partial charge >= 0.3 is 0 Å². The summed E-state index contributed by atoms with van der Waals surface area (Å²) in [4.78, 5) is 16.3. The number of carbonyl (C=O) groups excluding carboxylic acids is 1. The number of hydrogen-bond acceptors (Lipinski definition) is 3. The molecule has 0 radical (unpaired) electrons. The number of para-hydroxylation sites is 1. The van der Waals surface area contributed by atoms with Crippen molar-refractivity contribution in [1.29, 1.82) is 0 Å². The van der Waals surface area contributed by atoms with Crippen molar-refractivity contribution in [3.63, 3.8) is 0 Å². The first-order valence-corrected chi connectivity index (χ1v) is 8.85. The van der Waals surface area contributed by atoms with E-state index in [-0.39, 0.29) is 5.91 Å². The van der Waals surface area contributed by atoms with Gasteiger partial charge in [-0.2, -0.15) is 5.10 Å². The van der Waals surface area contributed by atoms with E-state index in [2.05, 4.69) is 15.5 Å². The zero-order chi connectivity index (χ0) is 19.1. The molecule has 134 valence electrons. The van der Waals surface area contributed by atoms with Crippen LogP contribution in [0.15, 0.2) is 82.9 Å². The molecule has 0 heterocycles. The maximum atomic E-state index is 12.0. The molecule has 0 unspecified atom stereocenters. The monoisotopic (exact) mass is 395 g/mol. The third-order valence-electron chi connectivity index (χ3n) is 3.63. The summed E-state index contributed by atoms with van der Waals surface area (Å²) in [6.45, 7) is 0. The van der Waals surface area contributed by atoms with Gasteiger partial charge in [0.15, 0.2) is 0 Å². The Labute approximate surface area is 167 Å². The van der Waals surface area contributed by atoms with Crippen molar-refractivity contribution < 1.29 is 4.79 Å². The molecular formula is C21H15Cl2N3O. The Morgan fingerprint density at radius 3 is 2.11 bits per heavy atom. The van der Waals surface area contributed by atoms with Crippen molar-refractivity contribution in [3.05, 3.63) is 99.5 Å². The van der Waals surface area contributed by atoms with Crippen LogP contribution in [-0.4, -0.2) is 18.3 Å². The van der Waals surface area contributed by atoms with Gasteiger partial charge in [0.1, 0.15) is 0 Å². The van der Waals surface area contributed by atoms with Crippen molar-refractivity contribution >= 4 is 47.2 Å². The van der Waals surface area contributed by atoms with Crippen molar-refractivity contribution in [2.45, 2.75) is 0 Å². The average molecular weight is 396 g/mol. The Bertz CT molecular complexity index is 981. The largest absolute Gasteiger partial charge is 0.271 e. The van der Waals surface area contributed by atoms with Gasteiger partial charge in [-0.25, -0.2) is 5.43 Å². The van der Waals surface area contributed by atoms with Gasteiger partial charge in [-0.05, 0) is 47.5 Å². The number of benzene rings is 3. The van der Waals surface area contributed by atoms with Gasteiger partial charge < -0.3 is 0 Å². The Kier molecular flexibility index (Phi) is 6.36. The molecule has 0 aliphatic carbocycles. The summed E-state index contributed by atoms with van der Waals surface area (Å²) in [5, 5.41) is 5.15. The highest BCUT2D eigenvalue weighted by atomic mass is 35.5. The lowest BCUT2D eigenvalue weighted by atomic mass is 10.1. The predicted molar refractivity (Wildman–Crippen MR) is 112 cm³/mol. The van der Waals surface area contributed by atoms with Crippen molar-refractivity contribution in [1.82, 2.24) is 5.43 Å². The van der Waals surface area contributed by atoms with Crippen LogP contribution in [0.2, 0.25) is 10.0 Å². The van der Waals surface area contributed by atoms with Crippen LogP contribution in [0.5, 0.6) is 0 Å². The second-order valence-electron chi connectivity index (χ2n) is 5.58. The van der Waals surface area contributed by atoms with Crippen molar-refractivity contribution in [2.24, 2.45) is 10.1 Å². The molecule has 0 aliphatic rings. The van der Waals surface area contributed by atoms with E-state index in [1.807, 2.05) is 42.5 Å². The Balaban J connectivity index is 1.58. The van der Waals surface area contributed by atoms with Crippen LogP contribution in [-0.2, 0) is 0 Å². The zero-order valence-corrected chi connectivity index (χ0v) is 15.7. The molecule has 0 atom stereocenters. The van der Waals surface area contributed by atoms with Crippen molar-refractivity contribution in [3.8, 4) is 0 Å². The number of amides is 1. The minimum absolute atomic E-state index is 0.300. The third-order valence-corrected chi connectivity index (χ3v) is 4.20. The van der Waals surface area contributed by atoms with Crippen LogP contribution in [0.25, 0.3) is 0 Å². The van der Waals surface area contributed by atoms with Crippen LogP contribution >= 0.6 is 23.2 Å². The van der Waals surface area contributed by atoms with Crippen LogP contribution in [0.3, 0.4) is 0 Å². The number of aliphatic imine (C=N–C) groups is 1. The molecule has 0 saturated heterocycles. The van der Waals surface area contributed by atoms with Gasteiger partial charge in [-0.15, -0.1) is 0 Å². The van der Waals surface area contributed by atoms with Gasteiger partial charge in [0.05, 0.1) is 16.9 Å². The van der Waals surface area contributed by atoms with Crippen LogP contribution < -0.4 is 5.43 Å². The fourth-order valence-corrected chi connectivity index (χ4v) is 2.51. The van der Waals surface area contributed by atoms with Crippen molar-refractivity contribution in [2.75, 3.05) is 0 Å². The summed E-state index contributed by atoms with van der Waals surface area (Å²) in [7, 11) is 0. The summed E-state index contributed by atoms with van der Waals surface area (Å²) in [5.41, 5.74) is 5.46. The normalized spacial score (nSPS) is 11.2. The maximum absolute atomic E-state index is 12.0. The molecule has 0 spiro atoms. The minimum Gasteiger partial charge on any atom is -0.267 e. The average Bonchev–Trinajstić information content (AvgIpc) is 2.69. The first-order valence-electron chi connectivity index (χ1n) is 8.09. The van der Waals surface area contributed by atoms with E-state index >= 15 is 0 Å². The number of nitrogens with zero attached hydrogens (tertiary/aromatic N) is 2.